The quantitative estimate of drug-likeness (QED) is 0.363. The molecule has 32 heavy (non-hydrogen) atoms. The van der Waals surface area contributed by atoms with Crippen molar-refractivity contribution in [1.82, 2.24) is 9.55 Å². The summed E-state index contributed by atoms with van der Waals surface area (Å²) in [5, 5.41) is 12.5. The number of aromatic nitrogens is 2. The van der Waals surface area contributed by atoms with Gasteiger partial charge in [-0.1, -0.05) is 72.4 Å². The second-order valence-electron chi connectivity index (χ2n) is 8.30. The van der Waals surface area contributed by atoms with E-state index in [4.69, 9.17) is 4.98 Å². The molecule has 1 N–H and O–H groups in total. The maximum Gasteiger partial charge on any atom is 0.265 e. The van der Waals surface area contributed by atoms with Crippen LogP contribution in [0.3, 0.4) is 0 Å². The maximum atomic E-state index is 13.8. The largest absolute Gasteiger partial charge is 0.366 e. The number of carbonyl (C=O) groups is 1. The third-order valence-electron chi connectivity index (χ3n) is 6.38. The number of hydrogen-bond donors (Lipinski definition) is 1. The first kappa shape index (κ1) is 19.9. The van der Waals surface area contributed by atoms with E-state index in [-0.39, 0.29) is 17.8 Å². The van der Waals surface area contributed by atoms with E-state index in [1.165, 1.54) is 21.2 Å². The second kappa shape index (κ2) is 7.40. The summed E-state index contributed by atoms with van der Waals surface area (Å²) in [6.45, 7) is 0. The molecule has 1 aliphatic heterocycles. The van der Waals surface area contributed by atoms with Crippen LogP contribution in [0.15, 0.2) is 70.6 Å². The number of thiophene rings is 1. The van der Waals surface area contributed by atoms with Gasteiger partial charge in [0, 0.05) is 22.4 Å². The van der Waals surface area contributed by atoms with Crippen molar-refractivity contribution in [3.63, 3.8) is 0 Å². The zero-order valence-corrected chi connectivity index (χ0v) is 18.8. The zero-order chi connectivity index (χ0) is 21.9. The highest BCUT2D eigenvalue weighted by Gasteiger charge is 2.45. The predicted octanol–water partition coefficient (Wildman–Crippen LogP) is 4.39. The fraction of sp³-hybridized carbons (Fsp3) is 0.240. The Morgan fingerprint density at radius 1 is 1.06 bits per heavy atom. The minimum absolute atomic E-state index is 0.0702. The third kappa shape index (κ3) is 2.92. The number of ketones is 1. The van der Waals surface area contributed by atoms with Crippen LogP contribution in [0, 0.1) is 0 Å². The second-order valence-corrected chi connectivity index (χ2v) is 10.5. The van der Waals surface area contributed by atoms with Crippen molar-refractivity contribution in [1.29, 1.82) is 0 Å². The van der Waals surface area contributed by atoms with Gasteiger partial charge in [-0.2, -0.15) is 0 Å². The third-order valence-corrected chi connectivity index (χ3v) is 8.72. The van der Waals surface area contributed by atoms with Gasteiger partial charge in [-0.25, -0.2) is 4.98 Å². The van der Waals surface area contributed by atoms with E-state index in [0.29, 0.717) is 26.5 Å². The smallest absolute Gasteiger partial charge is 0.265 e. The van der Waals surface area contributed by atoms with Gasteiger partial charge in [0.05, 0.1) is 10.6 Å². The van der Waals surface area contributed by atoms with E-state index in [1.54, 1.807) is 35.6 Å². The number of nitrogens with zero attached hydrogens (tertiary/aromatic N) is 2. The molecule has 0 unspecified atom stereocenters. The number of carbonyl (C=O) groups excluding carboxylic acids is 1. The molecular formula is C25H20N2O3S2. The summed E-state index contributed by atoms with van der Waals surface area (Å²) in [4.78, 5) is 33.9. The van der Waals surface area contributed by atoms with Crippen LogP contribution >= 0.6 is 23.1 Å². The molecule has 0 radical (unpaired) electrons. The molecule has 7 heteroatoms. The molecule has 5 nitrogen and oxygen atoms in total. The number of Topliss-reactive ketones (excluding diaryl/α,β-unsaturated/α-hetero) is 1. The van der Waals surface area contributed by atoms with E-state index in [1.807, 2.05) is 36.4 Å². The Bertz CT molecular complexity index is 1410. The summed E-state index contributed by atoms with van der Waals surface area (Å²) in [5.74, 6) is -0.0702. The molecule has 0 fully saturated rings. The van der Waals surface area contributed by atoms with Crippen molar-refractivity contribution in [2.75, 3.05) is 0 Å². The van der Waals surface area contributed by atoms with Gasteiger partial charge in [0.2, 0.25) is 0 Å². The van der Waals surface area contributed by atoms with Gasteiger partial charge in [-0.3, -0.25) is 14.2 Å². The van der Waals surface area contributed by atoms with Gasteiger partial charge in [0.1, 0.15) is 4.83 Å². The number of fused-ring (bicyclic) bond motifs is 4. The molecule has 160 valence electrons. The van der Waals surface area contributed by atoms with Gasteiger partial charge >= 0.3 is 0 Å². The lowest BCUT2D eigenvalue weighted by Crippen LogP contribution is -2.49. The number of hydrogen-bond acceptors (Lipinski definition) is 6. The summed E-state index contributed by atoms with van der Waals surface area (Å²) >= 11 is 2.85. The molecule has 3 heterocycles. The fourth-order valence-electron chi connectivity index (χ4n) is 4.84. The Balaban J connectivity index is 1.58. The highest BCUT2D eigenvalue weighted by atomic mass is 32.2. The lowest BCUT2D eigenvalue weighted by atomic mass is 9.93. The molecule has 0 spiro atoms. The minimum Gasteiger partial charge on any atom is -0.366 e. The summed E-state index contributed by atoms with van der Waals surface area (Å²) in [5.41, 5.74) is 0.396. The highest BCUT2D eigenvalue weighted by Crippen LogP contribution is 2.44. The Morgan fingerprint density at radius 2 is 1.78 bits per heavy atom. The van der Waals surface area contributed by atoms with Crippen molar-refractivity contribution >= 4 is 39.1 Å². The van der Waals surface area contributed by atoms with E-state index < -0.39 is 11.0 Å². The predicted molar refractivity (Wildman–Crippen MR) is 127 cm³/mol. The molecule has 0 saturated carbocycles. The van der Waals surface area contributed by atoms with Gasteiger partial charge in [0.25, 0.3) is 5.56 Å². The molecule has 6 rings (SSSR count). The average molecular weight is 461 g/mol. The fourth-order valence-corrected chi connectivity index (χ4v) is 7.44. The van der Waals surface area contributed by atoms with Crippen molar-refractivity contribution in [3.05, 3.63) is 92.6 Å². The van der Waals surface area contributed by atoms with E-state index >= 15 is 0 Å². The summed E-state index contributed by atoms with van der Waals surface area (Å²) in [6.07, 6.45) is 2.99. The lowest BCUT2D eigenvalue weighted by molar-refractivity contribution is -0.0187. The first-order valence-corrected chi connectivity index (χ1v) is 12.4. The highest BCUT2D eigenvalue weighted by molar-refractivity contribution is 8.00. The molecule has 1 aliphatic carbocycles. The van der Waals surface area contributed by atoms with Crippen LogP contribution in [0.5, 0.6) is 0 Å². The van der Waals surface area contributed by atoms with Crippen LogP contribution in [0.1, 0.15) is 39.2 Å². The molecule has 0 saturated heterocycles. The van der Waals surface area contributed by atoms with Crippen LogP contribution in [-0.4, -0.2) is 25.7 Å². The molecule has 0 amide bonds. The van der Waals surface area contributed by atoms with Crippen LogP contribution in [0.4, 0.5) is 0 Å². The molecular weight excluding hydrogens is 440 g/mol. The van der Waals surface area contributed by atoms with Crippen LogP contribution < -0.4 is 5.56 Å². The molecule has 2 atom stereocenters. The van der Waals surface area contributed by atoms with Gasteiger partial charge < -0.3 is 5.11 Å². The van der Waals surface area contributed by atoms with Crippen molar-refractivity contribution < 1.29 is 9.90 Å². The average Bonchev–Trinajstić information content (AvgIpc) is 3.40. The molecule has 2 aromatic heterocycles. The SMILES string of the molecule is O=C(c1ccccc1)[C@H]1C[C@](O)(c2ccccc2)n2c(nc3sc4c(c3c2=O)CCC4)S1. The number of aliphatic hydroxyl groups is 1. The number of rotatable bonds is 3. The van der Waals surface area contributed by atoms with Crippen molar-refractivity contribution in [3.8, 4) is 0 Å². The van der Waals surface area contributed by atoms with Crippen molar-refractivity contribution in [2.45, 2.75) is 41.8 Å². The van der Waals surface area contributed by atoms with E-state index in [2.05, 4.69) is 0 Å². The molecule has 2 aromatic carbocycles. The summed E-state index contributed by atoms with van der Waals surface area (Å²) < 4.78 is 1.43. The normalized spacial score (nSPS) is 22.0. The van der Waals surface area contributed by atoms with E-state index in [9.17, 15) is 14.7 Å². The topological polar surface area (TPSA) is 72.2 Å². The molecule has 4 aromatic rings. The molecule has 0 bridgehead atoms. The Morgan fingerprint density at radius 3 is 2.53 bits per heavy atom. The Hall–Kier alpha value is -2.74. The minimum atomic E-state index is -1.65. The number of aryl methyl sites for hydroxylation is 2. The maximum absolute atomic E-state index is 13.8. The van der Waals surface area contributed by atoms with Crippen LogP contribution in [0.2, 0.25) is 0 Å². The Kier molecular flexibility index (Phi) is 4.61. The van der Waals surface area contributed by atoms with Crippen LogP contribution in [0.25, 0.3) is 10.2 Å². The first-order valence-electron chi connectivity index (χ1n) is 10.7. The van der Waals surface area contributed by atoms with Gasteiger partial charge in [-0.15, -0.1) is 11.3 Å². The lowest BCUT2D eigenvalue weighted by Gasteiger charge is -2.38. The first-order chi connectivity index (χ1) is 15.6. The summed E-state index contributed by atoms with van der Waals surface area (Å²) in [7, 11) is 0. The standard InChI is InChI=1S/C25H20N2O3S2/c28-21(15-8-3-1-4-9-15)19-14-25(30,16-10-5-2-6-11-16)27-23(29)20-17-12-7-13-18(17)31-22(20)26-24(27)32-19/h1-6,8-11,19,30H,7,12-14H2/t19-,25+/m1/s1. The van der Waals surface area contributed by atoms with Gasteiger partial charge in [0.15, 0.2) is 16.7 Å². The van der Waals surface area contributed by atoms with Crippen LogP contribution in [-0.2, 0) is 18.6 Å². The summed E-state index contributed by atoms with van der Waals surface area (Å²) in [6, 6.07) is 18.2. The number of thioether (sulfide) groups is 1. The monoisotopic (exact) mass is 460 g/mol. The Labute approximate surface area is 192 Å². The zero-order valence-electron chi connectivity index (χ0n) is 17.2. The van der Waals surface area contributed by atoms with Crippen molar-refractivity contribution in [2.24, 2.45) is 0 Å². The van der Waals surface area contributed by atoms with Gasteiger partial charge in [-0.05, 0) is 24.8 Å². The number of benzene rings is 2. The molecule has 2 aliphatic rings. The van der Waals surface area contributed by atoms with E-state index in [0.717, 1.165) is 24.8 Å².